The molecule has 3 fully saturated rings. The van der Waals surface area contributed by atoms with E-state index in [2.05, 4.69) is 64.1 Å². The van der Waals surface area contributed by atoms with E-state index in [0.29, 0.717) is 39.1 Å². The number of benzene rings is 2. The normalized spacial score (nSPS) is 22.3. The zero-order valence-electron chi connectivity index (χ0n) is 37.8. The number of hydrogen-bond acceptors (Lipinski definition) is 11. The van der Waals surface area contributed by atoms with Gasteiger partial charge >= 0.3 is 11.9 Å². The third kappa shape index (κ3) is 19.4. The first kappa shape index (κ1) is 50.6. The minimum Gasteiger partial charge on any atom is -0.480 e. The first-order valence-corrected chi connectivity index (χ1v) is 23.5. The van der Waals surface area contributed by atoms with Crippen LogP contribution in [0.25, 0.3) is 0 Å². The van der Waals surface area contributed by atoms with Crippen molar-refractivity contribution in [3.63, 3.8) is 0 Å². The Morgan fingerprint density at radius 2 is 1.11 bits per heavy atom. The Hall–Kier alpha value is -4.41. The van der Waals surface area contributed by atoms with Crippen LogP contribution in [0.1, 0.15) is 114 Å². The molecule has 354 valence electrons. The molecule has 3 aliphatic rings. The van der Waals surface area contributed by atoms with Gasteiger partial charge in [0.1, 0.15) is 19.8 Å². The highest BCUT2D eigenvalue weighted by molar-refractivity contribution is 5.87. The predicted octanol–water partition coefficient (Wildman–Crippen LogP) is 5.77. The second-order valence-corrected chi connectivity index (χ2v) is 17.5. The maximum Gasteiger partial charge on any atom is 0.323 e. The SMILES string of the molecule is COC(=O)C1CCC(NC(=O)CCCOC2CCC(OCNC(=O)CN(CC(=O)O)C(=O)CCCOC3CCC(OCCN(Cc4ccccc4)Cc4ccccc4)CC3)CC2)CC1. The van der Waals surface area contributed by atoms with Gasteiger partial charge < -0.3 is 44.3 Å². The van der Waals surface area contributed by atoms with E-state index < -0.39 is 24.3 Å². The Balaban J connectivity index is 0.872. The second-order valence-electron chi connectivity index (χ2n) is 17.5. The Bertz CT molecular complexity index is 1640. The summed E-state index contributed by atoms with van der Waals surface area (Å²) in [6, 6.07) is 21.1. The number of nitrogens with one attached hydrogen (secondary N) is 2. The van der Waals surface area contributed by atoms with E-state index in [-0.39, 0.29) is 67.9 Å². The lowest BCUT2D eigenvalue weighted by Crippen LogP contribution is -2.44. The summed E-state index contributed by atoms with van der Waals surface area (Å²) in [5, 5.41) is 15.2. The number of esters is 1. The fourth-order valence-corrected chi connectivity index (χ4v) is 8.90. The molecule has 0 aliphatic heterocycles. The van der Waals surface area contributed by atoms with Gasteiger partial charge in [-0.2, -0.15) is 0 Å². The number of carbonyl (C=O) groups excluding carboxylic acids is 4. The first-order valence-electron chi connectivity index (χ1n) is 23.5. The van der Waals surface area contributed by atoms with E-state index in [1.807, 2.05) is 12.1 Å². The van der Waals surface area contributed by atoms with Gasteiger partial charge in [-0.25, -0.2) is 0 Å². The van der Waals surface area contributed by atoms with Crippen molar-refractivity contribution in [1.29, 1.82) is 0 Å². The lowest BCUT2D eigenvalue weighted by molar-refractivity contribution is -0.147. The minimum atomic E-state index is -1.19. The topological polar surface area (TPSA) is 182 Å². The molecule has 2 aromatic carbocycles. The molecule has 0 unspecified atom stereocenters. The second kappa shape index (κ2) is 28.5. The third-order valence-corrected chi connectivity index (χ3v) is 12.5. The van der Waals surface area contributed by atoms with Gasteiger partial charge in [0.2, 0.25) is 17.7 Å². The van der Waals surface area contributed by atoms with E-state index in [9.17, 15) is 29.1 Å². The Morgan fingerprint density at radius 1 is 0.609 bits per heavy atom. The molecule has 0 aromatic heterocycles. The van der Waals surface area contributed by atoms with Crippen LogP contribution in [0.4, 0.5) is 0 Å². The average Bonchev–Trinajstić information content (AvgIpc) is 3.30. The lowest BCUT2D eigenvalue weighted by Gasteiger charge is -2.30. The summed E-state index contributed by atoms with van der Waals surface area (Å²) in [5.74, 6) is -2.32. The quantitative estimate of drug-likeness (QED) is 0.0561. The van der Waals surface area contributed by atoms with Gasteiger partial charge in [0, 0.05) is 51.7 Å². The van der Waals surface area contributed by atoms with Gasteiger partial charge in [0.15, 0.2) is 0 Å². The van der Waals surface area contributed by atoms with Crippen molar-refractivity contribution in [3.05, 3.63) is 71.8 Å². The molecule has 0 bridgehead atoms. The number of carboxylic acids is 1. The largest absolute Gasteiger partial charge is 0.480 e. The van der Waals surface area contributed by atoms with E-state index in [0.717, 1.165) is 102 Å². The Morgan fingerprint density at radius 3 is 1.62 bits per heavy atom. The summed E-state index contributed by atoms with van der Waals surface area (Å²) in [4.78, 5) is 64.9. The molecule has 64 heavy (non-hydrogen) atoms. The Kier molecular flexibility index (Phi) is 22.5. The number of nitrogens with zero attached hydrogens (tertiary/aromatic N) is 2. The summed E-state index contributed by atoms with van der Waals surface area (Å²) in [6.45, 7) is 3.11. The van der Waals surface area contributed by atoms with Crippen molar-refractivity contribution in [2.45, 2.75) is 146 Å². The molecular weight excluding hydrogens is 821 g/mol. The molecule has 3 N–H and O–H groups in total. The molecule has 3 aliphatic carbocycles. The van der Waals surface area contributed by atoms with Crippen LogP contribution in [0.2, 0.25) is 0 Å². The highest BCUT2D eigenvalue weighted by Crippen LogP contribution is 2.27. The summed E-state index contributed by atoms with van der Waals surface area (Å²) in [5.41, 5.74) is 2.55. The number of carboxylic acid groups (broad SMARTS) is 1. The number of carbonyl (C=O) groups is 5. The van der Waals surface area contributed by atoms with Crippen LogP contribution < -0.4 is 10.6 Å². The minimum absolute atomic E-state index is 0.00763. The fraction of sp³-hybridized carbons (Fsp3) is 0.653. The lowest BCUT2D eigenvalue weighted by atomic mass is 9.86. The van der Waals surface area contributed by atoms with Crippen LogP contribution in [0.5, 0.6) is 0 Å². The van der Waals surface area contributed by atoms with Crippen LogP contribution >= 0.6 is 0 Å². The number of hydrogen-bond donors (Lipinski definition) is 3. The van der Waals surface area contributed by atoms with Crippen molar-refractivity contribution in [3.8, 4) is 0 Å². The molecule has 0 heterocycles. The number of amides is 3. The van der Waals surface area contributed by atoms with Gasteiger partial charge in [-0.3, -0.25) is 28.9 Å². The first-order chi connectivity index (χ1) is 31.1. The van der Waals surface area contributed by atoms with Crippen LogP contribution in [0, 0.1) is 5.92 Å². The van der Waals surface area contributed by atoms with Crippen LogP contribution in [-0.4, -0.2) is 128 Å². The number of rotatable bonds is 27. The molecule has 0 radical (unpaired) electrons. The molecule has 2 aromatic rings. The summed E-state index contributed by atoms with van der Waals surface area (Å²) in [6.07, 6.45) is 11.6. The van der Waals surface area contributed by atoms with Crippen LogP contribution in [0.15, 0.2) is 60.7 Å². The van der Waals surface area contributed by atoms with Crippen LogP contribution in [0.3, 0.4) is 0 Å². The molecule has 0 spiro atoms. The van der Waals surface area contributed by atoms with Gasteiger partial charge in [-0.1, -0.05) is 60.7 Å². The highest BCUT2D eigenvalue weighted by Gasteiger charge is 2.28. The molecule has 5 rings (SSSR count). The fourth-order valence-electron chi connectivity index (χ4n) is 8.90. The molecule has 0 atom stereocenters. The molecular formula is C49H72N4O11. The smallest absolute Gasteiger partial charge is 0.323 e. The molecule has 15 nitrogen and oxygen atoms in total. The van der Waals surface area contributed by atoms with Crippen molar-refractivity contribution in [2.75, 3.05) is 53.3 Å². The van der Waals surface area contributed by atoms with Gasteiger partial charge in [0.05, 0.1) is 44.1 Å². The molecule has 0 saturated heterocycles. The Labute approximate surface area is 379 Å². The maximum atomic E-state index is 13.0. The maximum absolute atomic E-state index is 13.0. The van der Waals surface area contributed by atoms with E-state index in [1.54, 1.807) is 0 Å². The molecule has 3 saturated carbocycles. The number of methoxy groups -OCH3 is 1. The summed E-state index contributed by atoms with van der Waals surface area (Å²) < 4.78 is 29.2. The van der Waals surface area contributed by atoms with E-state index in [4.69, 9.17) is 23.7 Å². The molecule has 3 amide bonds. The summed E-state index contributed by atoms with van der Waals surface area (Å²) >= 11 is 0. The van der Waals surface area contributed by atoms with Crippen molar-refractivity contribution < 1.29 is 52.8 Å². The zero-order valence-corrected chi connectivity index (χ0v) is 37.8. The van der Waals surface area contributed by atoms with Crippen molar-refractivity contribution >= 4 is 29.7 Å². The number of ether oxygens (including phenoxy) is 5. The monoisotopic (exact) mass is 893 g/mol. The average molecular weight is 893 g/mol. The van der Waals surface area contributed by atoms with E-state index in [1.165, 1.54) is 18.2 Å². The van der Waals surface area contributed by atoms with E-state index >= 15 is 0 Å². The third-order valence-electron chi connectivity index (χ3n) is 12.5. The van der Waals surface area contributed by atoms with Crippen molar-refractivity contribution in [1.82, 2.24) is 20.4 Å². The predicted molar refractivity (Wildman–Crippen MR) is 240 cm³/mol. The van der Waals surface area contributed by atoms with Gasteiger partial charge in [-0.15, -0.1) is 0 Å². The highest BCUT2D eigenvalue weighted by atomic mass is 16.5. The zero-order chi connectivity index (χ0) is 45.4. The van der Waals surface area contributed by atoms with Crippen LogP contribution in [-0.2, 0) is 60.7 Å². The van der Waals surface area contributed by atoms with Gasteiger partial charge in [0.25, 0.3) is 0 Å². The standard InChI is InChI=1S/C49H72N4O11/c1-60-49(59)39-16-18-40(19-17-39)51-45(54)14-8-29-61-42-24-26-44(27-25-42)64-36-50-46(55)34-53(35-48(57)58)47(56)15-9-30-62-41-20-22-43(23-21-41)63-31-28-52(32-37-10-4-2-5-11-37)33-38-12-6-3-7-13-38/h2-7,10-13,39-44H,8-9,14-36H2,1H3,(H,50,55)(H,51,54)(H,57,58). The number of aliphatic carboxylic acids is 1. The molecule has 15 heteroatoms. The van der Waals surface area contributed by atoms with Crippen molar-refractivity contribution in [2.24, 2.45) is 5.92 Å². The van der Waals surface area contributed by atoms with Gasteiger partial charge in [-0.05, 0) is 101 Å². The summed E-state index contributed by atoms with van der Waals surface area (Å²) in [7, 11) is 1.41.